The van der Waals surface area contributed by atoms with Gasteiger partial charge in [0, 0.05) is 12.8 Å². The highest BCUT2D eigenvalue weighted by Gasteiger charge is 2.28. The molecule has 0 aromatic carbocycles. The van der Waals surface area contributed by atoms with Crippen LogP contribution in [0.25, 0.3) is 0 Å². The summed E-state index contributed by atoms with van der Waals surface area (Å²) < 4.78 is 32.6. The van der Waals surface area contributed by atoms with Crippen LogP contribution in [-0.2, 0) is 37.5 Å². The summed E-state index contributed by atoms with van der Waals surface area (Å²) in [5.74, 6) is -2.53. The molecule has 3 unspecified atom stereocenters. The Morgan fingerprint density at radius 3 is 1.32 bits per heavy atom. The first-order chi connectivity index (χ1) is 28.6. The molecule has 3 atom stereocenters. The van der Waals surface area contributed by atoms with Gasteiger partial charge in [0.25, 0.3) is 0 Å². The standard InChI is InChI=1S/C47H72NO10P/c1-3-5-7-9-11-13-15-17-19-21-23-25-27-29-31-33-35-37-39-46(50)58-43(41-56-59(53,54)57-42-44(48)47(51)52)40-55-45(49)38-36-34-32-30-28-26-24-22-20-18-16-14-12-10-8-6-4-2/h5-8,11-14,17-20,23-26,29-32,43-44H,3-4,9-10,15-16,21-22,27-28,33-42,48H2,1-2H3,(H,51,52)(H,53,54). The van der Waals surface area contributed by atoms with Crippen LogP contribution in [0.5, 0.6) is 0 Å². The van der Waals surface area contributed by atoms with Crippen molar-refractivity contribution in [2.45, 2.75) is 135 Å². The first-order valence-electron chi connectivity index (χ1n) is 21.1. The third kappa shape index (κ3) is 40.4. The smallest absolute Gasteiger partial charge is 0.472 e. The average Bonchev–Trinajstić information content (AvgIpc) is 3.21. The zero-order chi connectivity index (χ0) is 43.5. The molecule has 0 saturated carbocycles. The molecule has 0 heterocycles. The van der Waals surface area contributed by atoms with Crippen molar-refractivity contribution < 1.29 is 47.5 Å². The molecule has 4 N–H and O–H groups in total. The van der Waals surface area contributed by atoms with E-state index in [1.807, 2.05) is 12.2 Å². The van der Waals surface area contributed by atoms with Crippen LogP contribution in [0.1, 0.15) is 123 Å². The van der Waals surface area contributed by atoms with E-state index < -0.39 is 57.7 Å². The van der Waals surface area contributed by atoms with Gasteiger partial charge in [-0.15, -0.1) is 0 Å². The van der Waals surface area contributed by atoms with E-state index >= 15 is 0 Å². The molecule has 0 aromatic heterocycles. The monoisotopic (exact) mass is 841 g/mol. The van der Waals surface area contributed by atoms with Gasteiger partial charge in [-0.2, -0.15) is 0 Å². The summed E-state index contributed by atoms with van der Waals surface area (Å²) >= 11 is 0. The Bertz CT molecular complexity index is 1450. The summed E-state index contributed by atoms with van der Waals surface area (Å²) in [6.45, 7) is 2.44. The van der Waals surface area contributed by atoms with E-state index in [0.717, 1.165) is 77.0 Å². The minimum Gasteiger partial charge on any atom is -0.480 e. The number of nitrogens with two attached hydrogens (primary N) is 1. The van der Waals surface area contributed by atoms with Crippen molar-refractivity contribution in [3.05, 3.63) is 122 Å². The lowest BCUT2D eigenvalue weighted by Gasteiger charge is -2.20. The molecule has 12 heteroatoms. The topological polar surface area (TPSA) is 172 Å². The molecule has 0 fully saturated rings. The number of phosphoric ester groups is 1. The molecule has 0 aromatic rings. The summed E-state index contributed by atoms with van der Waals surface area (Å²) in [6.07, 6.45) is 54.2. The van der Waals surface area contributed by atoms with Gasteiger partial charge < -0.3 is 25.2 Å². The van der Waals surface area contributed by atoms with E-state index in [-0.39, 0.29) is 12.8 Å². The molecule has 0 amide bonds. The van der Waals surface area contributed by atoms with E-state index in [1.165, 1.54) is 0 Å². The number of esters is 2. The number of hydrogen-bond acceptors (Lipinski definition) is 9. The highest BCUT2D eigenvalue weighted by Crippen LogP contribution is 2.43. The van der Waals surface area contributed by atoms with Crippen molar-refractivity contribution in [1.82, 2.24) is 0 Å². The van der Waals surface area contributed by atoms with Gasteiger partial charge in [0.15, 0.2) is 6.10 Å². The maximum atomic E-state index is 12.6. The number of unbranched alkanes of at least 4 members (excludes halogenated alkanes) is 3. The second kappa shape index (κ2) is 40.7. The molecule has 11 nitrogen and oxygen atoms in total. The van der Waals surface area contributed by atoms with Gasteiger partial charge >= 0.3 is 25.7 Å². The van der Waals surface area contributed by atoms with Crippen LogP contribution >= 0.6 is 7.82 Å². The SMILES string of the molecule is CCC=CCC=CCC=CCC=CCC=CCCCCC(=O)OC(COC(=O)CCCC=CCC=CCC=CCC=CCC=CCC)COP(=O)(O)OCC(N)C(=O)O. The zero-order valence-corrected chi connectivity index (χ0v) is 36.4. The number of rotatable bonds is 37. The number of carbonyl (C=O) groups is 3. The van der Waals surface area contributed by atoms with Gasteiger partial charge in [-0.3, -0.25) is 23.4 Å². The maximum absolute atomic E-state index is 12.6. The van der Waals surface area contributed by atoms with Crippen molar-refractivity contribution in [1.29, 1.82) is 0 Å². The van der Waals surface area contributed by atoms with E-state index in [4.69, 9.17) is 24.8 Å². The fourth-order valence-electron chi connectivity index (χ4n) is 4.71. The van der Waals surface area contributed by atoms with E-state index in [9.17, 15) is 23.8 Å². The second-order valence-electron chi connectivity index (χ2n) is 13.4. The molecular weight excluding hydrogens is 769 g/mol. The van der Waals surface area contributed by atoms with Crippen LogP contribution in [-0.4, -0.2) is 59.9 Å². The van der Waals surface area contributed by atoms with Gasteiger partial charge in [0.2, 0.25) is 0 Å². The maximum Gasteiger partial charge on any atom is 0.472 e. The normalized spacial score (nSPS) is 14.9. The lowest BCUT2D eigenvalue weighted by molar-refractivity contribution is -0.161. The molecule has 0 aliphatic carbocycles. The zero-order valence-electron chi connectivity index (χ0n) is 35.5. The van der Waals surface area contributed by atoms with Crippen LogP contribution in [0.2, 0.25) is 0 Å². The molecule has 0 radical (unpaired) electrons. The predicted octanol–water partition coefficient (Wildman–Crippen LogP) is 11.2. The number of phosphoric acid groups is 1. The number of carbonyl (C=O) groups excluding carboxylic acids is 2. The molecule has 330 valence electrons. The Morgan fingerprint density at radius 2 is 0.898 bits per heavy atom. The van der Waals surface area contributed by atoms with Crippen molar-refractivity contribution in [3.63, 3.8) is 0 Å². The highest BCUT2D eigenvalue weighted by molar-refractivity contribution is 7.47. The summed E-state index contributed by atoms with van der Waals surface area (Å²) in [5, 5.41) is 8.89. The number of ether oxygens (including phenoxy) is 2. The minimum atomic E-state index is -4.75. The lowest BCUT2D eigenvalue weighted by atomic mass is 10.2. The quantitative estimate of drug-likeness (QED) is 0.0235. The Hall–Kier alpha value is -4.12. The third-order valence-electron chi connectivity index (χ3n) is 7.96. The van der Waals surface area contributed by atoms with Crippen molar-refractivity contribution in [2.24, 2.45) is 5.73 Å². The average molecular weight is 842 g/mol. The van der Waals surface area contributed by atoms with Crippen molar-refractivity contribution in [3.8, 4) is 0 Å². The van der Waals surface area contributed by atoms with Crippen LogP contribution in [0.4, 0.5) is 0 Å². The van der Waals surface area contributed by atoms with Crippen LogP contribution in [0, 0.1) is 0 Å². The van der Waals surface area contributed by atoms with Gasteiger partial charge in [-0.05, 0) is 96.3 Å². The Balaban J connectivity index is 4.59. The van der Waals surface area contributed by atoms with Gasteiger partial charge in [-0.1, -0.05) is 135 Å². The Labute approximate surface area is 354 Å². The summed E-state index contributed by atoms with van der Waals surface area (Å²) in [6, 6.07) is -1.54. The number of aliphatic carboxylic acids is 1. The second-order valence-corrected chi connectivity index (χ2v) is 14.8. The van der Waals surface area contributed by atoms with Gasteiger partial charge in [0.05, 0.1) is 13.2 Å². The van der Waals surface area contributed by atoms with E-state index in [0.29, 0.717) is 19.3 Å². The molecule has 59 heavy (non-hydrogen) atoms. The Kier molecular flexibility index (Phi) is 37.8. The Morgan fingerprint density at radius 1 is 0.525 bits per heavy atom. The molecule has 0 bridgehead atoms. The van der Waals surface area contributed by atoms with Crippen LogP contribution in [0.15, 0.2) is 122 Å². The summed E-state index contributed by atoms with van der Waals surface area (Å²) in [4.78, 5) is 45.9. The molecule has 0 spiro atoms. The molecule has 0 aliphatic rings. The van der Waals surface area contributed by atoms with Gasteiger partial charge in [-0.25, -0.2) is 4.57 Å². The largest absolute Gasteiger partial charge is 0.480 e. The third-order valence-corrected chi connectivity index (χ3v) is 8.91. The van der Waals surface area contributed by atoms with Gasteiger partial charge in [0.1, 0.15) is 12.6 Å². The first-order valence-corrected chi connectivity index (χ1v) is 22.6. The number of hydrogen-bond donors (Lipinski definition) is 3. The molecule has 0 aliphatic heterocycles. The molecule has 0 saturated heterocycles. The highest BCUT2D eigenvalue weighted by atomic mass is 31.2. The lowest BCUT2D eigenvalue weighted by Crippen LogP contribution is -2.34. The van der Waals surface area contributed by atoms with Crippen LogP contribution < -0.4 is 5.73 Å². The predicted molar refractivity (Wildman–Crippen MR) is 239 cm³/mol. The van der Waals surface area contributed by atoms with E-state index in [1.54, 1.807) is 0 Å². The fourth-order valence-corrected chi connectivity index (χ4v) is 5.49. The van der Waals surface area contributed by atoms with Crippen LogP contribution in [0.3, 0.4) is 0 Å². The van der Waals surface area contributed by atoms with Crippen molar-refractivity contribution in [2.75, 3.05) is 19.8 Å². The summed E-state index contributed by atoms with van der Waals surface area (Å²) in [5.41, 5.74) is 5.32. The number of carboxylic acid groups (broad SMARTS) is 1. The first kappa shape index (κ1) is 54.9. The molecular formula is C47H72NO10P. The van der Waals surface area contributed by atoms with E-state index in [2.05, 4.69) is 128 Å². The number of allylic oxidation sites excluding steroid dienone is 20. The summed E-state index contributed by atoms with van der Waals surface area (Å²) in [7, 11) is -4.75. The number of carboxylic acids is 1. The molecule has 0 rings (SSSR count). The minimum absolute atomic E-state index is 0.0865. The van der Waals surface area contributed by atoms with Crippen molar-refractivity contribution >= 4 is 25.7 Å². The fraction of sp³-hybridized carbons (Fsp3) is 0.511.